The van der Waals surface area contributed by atoms with Crippen LogP contribution in [0.15, 0.2) is 43.2 Å². The smallest absolute Gasteiger partial charge is 0.363 e. The molecule has 1 aromatic carbocycles. The van der Waals surface area contributed by atoms with E-state index >= 15 is 0 Å². The Morgan fingerprint density at radius 1 is 1.43 bits per heavy atom. The van der Waals surface area contributed by atoms with E-state index in [-0.39, 0.29) is 0 Å². The molecule has 0 aliphatic rings. The van der Waals surface area contributed by atoms with Gasteiger partial charge in [-0.1, -0.05) is 24.8 Å². The zero-order valence-electron chi connectivity index (χ0n) is 7.35. The average Bonchev–Trinajstić information content (AvgIpc) is 2.19. The second kappa shape index (κ2) is 5.44. The predicted octanol–water partition coefficient (Wildman–Crippen LogP) is 2.47. The SMILES string of the molecule is C=COC(=O)C(Br)Oc1ccccc1. The highest BCUT2D eigenvalue weighted by Crippen LogP contribution is 2.14. The van der Waals surface area contributed by atoms with Crippen molar-refractivity contribution in [1.29, 1.82) is 0 Å². The molecule has 1 atom stereocenters. The topological polar surface area (TPSA) is 35.5 Å². The summed E-state index contributed by atoms with van der Waals surface area (Å²) in [5.74, 6) is 0.0549. The van der Waals surface area contributed by atoms with E-state index < -0.39 is 11.0 Å². The van der Waals surface area contributed by atoms with Crippen molar-refractivity contribution in [3.05, 3.63) is 43.2 Å². The first-order chi connectivity index (χ1) is 6.74. The molecule has 4 heteroatoms. The maximum absolute atomic E-state index is 11.1. The molecule has 1 rings (SSSR count). The Labute approximate surface area is 90.5 Å². The Hall–Kier alpha value is -1.29. The fourth-order valence-corrected chi connectivity index (χ4v) is 1.13. The van der Waals surface area contributed by atoms with Gasteiger partial charge in [-0.25, -0.2) is 4.79 Å². The van der Waals surface area contributed by atoms with Gasteiger partial charge in [0.25, 0.3) is 0 Å². The van der Waals surface area contributed by atoms with Crippen LogP contribution in [-0.4, -0.2) is 11.0 Å². The van der Waals surface area contributed by atoms with Crippen LogP contribution in [0.4, 0.5) is 0 Å². The van der Waals surface area contributed by atoms with Gasteiger partial charge in [0, 0.05) is 0 Å². The highest BCUT2D eigenvalue weighted by atomic mass is 79.9. The lowest BCUT2D eigenvalue weighted by Crippen LogP contribution is -2.21. The van der Waals surface area contributed by atoms with Crippen LogP contribution in [-0.2, 0) is 9.53 Å². The third kappa shape index (κ3) is 3.22. The summed E-state index contributed by atoms with van der Waals surface area (Å²) in [5.41, 5.74) is 0. The van der Waals surface area contributed by atoms with Crippen LogP contribution in [0, 0.1) is 0 Å². The third-order valence-corrected chi connectivity index (χ3v) is 1.93. The molecule has 0 aliphatic carbocycles. The van der Waals surface area contributed by atoms with E-state index in [1.807, 2.05) is 18.2 Å². The van der Waals surface area contributed by atoms with Gasteiger partial charge in [-0.15, -0.1) is 0 Å². The molecule has 74 valence electrons. The number of esters is 1. The van der Waals surface area contributed by atoms with Gasteiger partial charge in [-0.05, 0) is 28.1 Å². The Morgan fingerprint density at radius 3 is 2.64 bits per heavy atom. The molecule has 0 heterocycles. The van der Waals surface area contributed by atoms with E-state index in [2.05, 4.69) is 27.2 Å². The lowest BCUT2D eigenvalue weighted by molar-refractivity contribution is -0.141. The average molecular weight is 257 g/mol. The number of benzene rings is 1. The van der Waals surface area contributed by atoms with Crippen molar-refractivity contribution in [3.63, 3.8) is 0 Å². The Balaban J connectivity index is 2.52. The normalized spacial score (nSPS) is 11.5. The molecule has 14 heavy (non-hydrogen) atoms. The van der Waals surface area contributed by atoms with E-state index in [4.69, 9.17) is 4.74 Å². The van der Waals surface area contributed by atoms with Gasteiger partial charge < -0.3 is 9.47 Å². The van der Waals surface area contributed by atoms with Crippen molar-refractivity contribution in [1.82, 2.24) is 0 Å². The van der Waals surface area contributed by atoms with Gasteiger partial charge in [-0.3, -0.25) is 0 Å². The van der Waals surface area contributed by atoms with E-state index in [0.717, 1.165) is 6.26 Å². The molecule has 3 nitrogen and oxygen atoms in total. The van der Waals surface area contributed by atoms with Crippen molar-refractivity contribution in [2.75, 3.05) is 0 Å². The summed E-state index contributed by atoms with van der Waals surface area (Å²) in [6.45, 7) is 3.27. The number of para-hydroxylation sites is 1. The number of carbonyl (C=O) groups excluding carboxylic acids is 1. The van der Waals surface area contributed by atoms with Crippen molar-refractivity contribution in [3.8, 4) is 5.75 Å². The first-order valence-electron chi connectivity index (χ1n) is 3.91. The largest absolute Gasteiger partial charge is 0.467 e. The van der Waals surface area contributed by atoms with Crippen LogP contribution in [0.1, 0.15) is 0 Å². The van der Waals surface area contributed by atoms with Crippen LogP contribution < -0.4 is 4.74 Å². The quantitative estimate of drug-likeness (QED) is 0.472. The van der Waals surface area contributed by atoms with Gasteiger partial charge >= 0.3 is 5.97 Å². The van der Waals surface area contributed by atoms with Crippen molar-refractivity contribution in [2.24, 2.45) is 0 Å². The van der Waals surface area contributed by atoms with Crippen molar-refractivity contribution in [2.45, 2.75) is 5.01 Å². The first kappa shape index (κ1) is 10.8. The van der Waals surface area contributed by atoms with Gasteiger partial charge in [0.2, 0.25) is 5.01 Å². The minimum absolute atomic E-state index is 0.538. The molecule has 0 amide bonds. The second-order valence-electron chi connectivity index (χ2n) is 2.35. The maximum atomic E-state index is 11.1. The maximum Gasteiger partial charge on any atom is 0.363 e. The van der Waals surface area contributed by atoms with Crippen molar-refractivity contribution < 1.29 is 14.3 Å². The summed E-state index contributed by atoms with van der Waals surface area (Å²) >= 11 is 3.04. The van der Waals surface area contributed by atoms with Crippen molar-refractivity contribution >= 4 is 21.9 Å². The number of alkyl halides is 1. The second-order valence-corrected chi connectivity index (χ2v) is 3.18. The van der Waals surface area contributed by atoms with Gasteiger partial charge in [-0.2, -0.15) is 0 Å². The molecule has 0 bridgehead atoms. The molecule has 0 radical (unpaired) electrons. The molecule has 0 aromatic heterocycles. The summed E-state index contributed by atoms with van der Waals surface area (Å²) in [7, 11) is 0. The zero-order chi connectivity index (χ0) is 10.4. The Kier molecular flexibility index (Phi) is 4.19. The highest BCUT2D eigenvalue weighted by molar-refractivity contribution is 9.09. The van der Waals surface area contributed by atoms with Crippen LogP contribution in [0.2, 0.25) is 0 Å². The zero-order valence-corrected chi connectivity index (χ0v) is 8.94. The van der Waals surface area contributed by atoms with Crippen LogP contribution in [0.5, 0.6) is 5.75 Å². The molecule has 1 unspecified atom stereocenters. The standard InChI is InChI=1S/C10H9BrO3/c1-2-13-10(12)9(11)14-8-6-4-3-5-7-8/h2-7,9H,1H2. The lowest BCUT2D eigenvalue weighted by atomic mass is 10.3. The number of carbonyl (C=O) groups is 1. The fraction of sp³-hybridized carbons (Fsp3) is 0.100. The summed E-state index contributed by atoms with van der Waals surface area (Å²) in [6, 6.07) is 8.98. The monoisotopic (exact) mass is 256 g/mol. The molecule has 1 aromatic rings. The molecule has 0 N–H and O–H groups in total. The van der Waals surface area contributed by atoms with Gasteiger partial charge in [0.1, 0.15) is 5.75 Å². The molecule has 0 fully saturated rings. The number of rotatable bonds is 4. The van der Waals surface area contributed by atoms with Crippen LogP contribution >= 0.6 is 15.9 Å². The molecule has 0 saturated heterocycles. The first-order valence-corrected chi connectivity index (χ1v) is 4.83. The molecular weight excluding hydrogens is 248 g/mol. The van der Waals surface area contributed by atoms with Crippen LogP contribution in [0.3, 0.4) is 0 Å². The highest BCUT2D eigenvalue weighted by Gasteiger charge is 2.16. The van der Waals surface area contributed by atoms with E-state index in [0.29, 0.717) is 5.75 Å². The minimum atomic E-state index is -0.817. The van der Waals surface area contributed by atoms with E-state index in [1.54, 1.807) is 12.1 Å². The van der Waals surface area contributed by atoms with Crippen LogP contribution in [0.25, 0.3) is 0 Å². The summed E-state index contributed by atoms with van der Waals surface area (Å²) in [6.07, 6.45) is 1.06. The molecular formula is C10H9BrO3. The minimum Gasteiger partial charge on any atom is -0.467 e. The molecule has 0 saturated carbocycles. The number of hydrogen-bond acceptors (Lipinski definition) is 3. The summed E-state index contributed by atoms with van der Waals surface area (Å²) in [4.78, 5) is 11.1. The van der Waals surface area contributed by atoms with Gasteiger partial charge in [0.15, 0.2) is 0 Å². The third-order valence-electron chi connectivity index (χ3n) is 1.37. The van der Waals surface area contributed by atoms with Gasteiger partial charge in [0.05, 0.1) is 6.26 Å². The van der Waals surface area contributed by atoms with E-state index in [1.165, 1.54) is 0 Å². The van der Waals surface area contributed by atoms with E-state index in [9.17, 15) is 4.79 Å². The number of halogens is 1. The lowest BCUT2D eigenvalue weighted by Gasteiger charge is -2.10. The Morgan fingerprint density at radius 2 is 2.07 bits per heavy atom. The summed E-state index contributed by atoms with van der Waals surface area (Å²) < 4.78 is 9.75. The molecule has 0 aliphatic heterocycles. The number of ether oxygens (including phenoxy) is 2. The summed E-state index contributed by atoms with van der Waals surface area (Å²) in [5, 5.41) is -0.817. The fourth-order valence-electron chi connectivity index (χ4n) is 0.802. The number of hydrogen-bond donors (Lipinski definition) is 0. The molecule has 0 spiro atoms. The predicted molar refractivity (Wildman–Crippen MR) is 56.1 cm³/mol. The Bertz CT molecular complexity index is 310.